The Kier molecular flexibility index (Phi) is 4.07. The highest BCUT2D eigenvalue weighted by Crippen LogP contribution is 2.10. The fraction of sp³-hybridized carbons (Fsp3) is 0.556. The molecule has 1 aromatic rings. The molecule has 0 saturated carbocycles. The van der Waals surface area contributed by atoms with Gasteiger partial charge >= 0.3 is 0 Å². The number of rotatable bonds is 4. The minimum Gasteiger partial charge on any atom is -0.337 e. The van der Waals surface area contributed by atoms with E-state index >= 15 is 0 Å². The van der Waals surface area contributed by atoms with Crippen LogP contribution in [0.2, 0.25) is 0 Å². The molecule has 0 radical (unpaired) electrons. The molecule has 78 valence electrons. The van der Waals surface area contributed by atoms with E-state index in [1.807, 2.05) is 18.7 Å². The number of anilines is 1. The SMILES string of the molecule is CC(C)N(CCCl)c1ncc(F)cn1. The van der Waals surface area contributed by atoms with Crippen molar-refractivity contribution in [2.24, 2.45) is 0 Å². The highest BCUT2D eigenvalue weighted by molar-refractivity contribution is 6.18. The summed E-state index contributed by atoms with van der Waals surface area (Å²) in [5.74, 6) is 0.587. The lowest BCUT2D eigenvalue weighted by molar-refractivity contribution is 0.606. The zero-order chi connectivity index (χ0) is 10.6. The number of halogens is 2. The summed E-state index contributed by atoms with van der Waals surface area (Å²) in [7, 11) is 0. The van der Waals surface area contributed by atoms with E-state index in [9.17, 15) is 4.39 Å². The second-order valence-electron chi connectivity index (χ2n) is 3.18. The first-order chi connectivity index (χ1) is 6.65. The van der Waals surface area contributed by atoms with Crippen molar-refractivity contribution in [2.75, 3.05) is 17.3 Å². The molecular formula is C9H13ClFN3. The molecule has 0 aliphatic carbocycles. The summed E-state index contributed by atoms with van der Waals surface area (Å²) in [6, 6.07) is 0.249. The highest BCUT2D eigenvalue weighted by atomic mass is 35.5. The van der Waals surface area contributed by atoms with Crippen molar-refractivity contribution in [2.45, 2.75) is 19.9 Å². The lowest BCUT2D eigenvalue weighted by Crippen LogP contribution is -2.34. The summed E-state index contributed by atoms with van der Waals surface area (Å²) in [5.41, 5.74) is 0. The van der Waals surface area contributed by atoms with Gasteiger partial charge in [-0.3, -0.25) is 0 Å². The normalized spacial score (nSPS) is 10.6. The van der Waals surface area contributed by atoms with Gasteiger partial charge in [0.05, 0.1) is 12.4 Å². The lowest BCUT2D eigenvalue weighted by atomic mass is 10.3. The van der Waals surface area contributed by atoms with E-state index in [1.165, 1.54) is 0 Å². The van der Waals surface area contributed by atoms with Crippen LogP contribution in [0, 0.1) is 5.82 Å². The molecule has 14 heavy (non-hydrogen) atoms. The fourth-order valence-electron chi connectivity index (χ4n) is 1.13. The predicted octanol–water partition coefficient (Wildman–Crippen LogP) is 2.07. The summed E-state index contributed by atoms with van der Waals surface area (Å²) in [6.07, 6.45) is 2.32. The van der Waals surface area contributed by atoms with Crippen LogP contribution < -0.4 is 4.90 Å². The molecule has 1 aromatic heterocycles. The van der Waals surface area contributed by atoms with E-state index in [2.05, 4.69) is 9.97 Å². The van der Waals surface area contributed by atoms with E-state index in [1.54, 1.807) is 0 Å². The van der Waals surface area contributed by atoms with Gasteiger partial charge in [-0.1, -0.05) is 0 Å². The van der Waals surface area contributed by atoms with Gasteiger partial charge in [0, 0.05) is 18.5 Å². The molecule has 0 aliphatic heterocycles. The van der Waals surface area contributed by atoms with Crippen LogP contribution in [0.25, 0.3) is 0 Å². The summed E-state index contributed by atoms with van der Waals surface area (Å²) < 4.78 is 12.6. The molecule has 1 heterocycles. The van der Waals surface area contributed by atoms with Gasteiger partial charge in [-0.05, 0) is 13.8 Å². The van der Waals surface area contributed by atoms with Crippen molar-refractivity contribution >= 4 is 17.5 Å². The molecule has 1 rings (SSSR count). The molecule has 0 atom stereocenters. The van der Waals surface area contributed by atoms with Crippen LogP contribution in [0.5, 0.6) is 0 Å². The Balaban J connectivity index is 2.82. The number of nitrogens with zero attached hydrogens (tertiary/aromatic N) is 3. The van der Waals surface area contributed by atoms with Crippen LogP contribution in [0.3, 0.4) is 0 Å². The largest absolute Gasteiger partial charge is 0.337 e. The molecule has 5 heteroatoms. The van der Waals surface area contributed by atoms with Crippen molar-refractivity contribution in [3.8, 4) is 0 Å². The molecule has 0 aromatic carbocycles. The van der Waals surface area contributed by atoms with Crippen molar-refractivity contribution in [3.63, 3.8) is 0 Å². The van der Waals surface area contributed by atoms with E-state index in [0.717, 1.165) is 12.4 Å². The minimum atomic E-state index is -0.427. The Morgan fingerprint density at radius 2 is 2.00 bits per heavy atom. The fourth-order valence-corrected chi connectivity index (χ4v) is 1.32. The maximum Gasteiger partial charge on any atom is 0.225 e. The first kappa shape index (κ1) is 11.2. The van der Waals surface area contributed by atoms with Crippen LogP contribution in [-0.4, -0.2) is 28.4 Å². The summed E-state index contributed by atoms with van der Waals surface area (Å²) >= 11 is 5.65. The molecule has 0 spiro atoms. The molecule has 0 bridgehead atoms. The number of hydrogen-bond acceptors (Lipinski definition) is 3. The monoisotopic (exact) mass is 217 g/mol. The Morgan fingerprint density at radius 3 is 2.43 bits per heavy atom. The molecule has 0 unspecified atom stereocenters. The standard InChI is InChI=1S/C9H13ClFN3/c1-7(2)14(4-3-10)9-12-5-8(11)6-13-9/h5-7H,3-4H2,1-2H3. The van der Waals surface area contributed by atoms with Gasteiger partial charge in [0.15, 0.2) is 5.82 Å². The predicted molar refractivity (Wildman–Crippen MR) is 55.2 cm³/mol. The third kappa shape index (κ3) is 2.80. The molecule has 0 N–H and O–H groups in total. The first-order valence-corrected chi connectivity index (χ1v) is 4.98. The van der Waals surface area contributed by atoms with Gasteiger partial charge in [0.25, 0.3) is 0 Å². The average molecular weight is 218 g/mol. The molecule has 0 aliphatic rings. The minimum absolute atomic E-state index is 0.249. The molecule has 0 amide bonds. The Bertz CT molecular complexity index is 276. The molecule has 3 nitrogen and oxygen atoms in total. The smallest absolute Gasteiger partial charge is 0.225 e. The van der Waals surface area contributed by atoms with Gasteiger partial charge in [0.2, 0.25) is 5.95 Å². The van der Waals surface area contributed by atoms with Crippen molar-refractivity contribution in [3.05, 3.63) is 18.2 Å². The van der Waals surface area contributed by atoms with Crippen LogP contribution in [0.15, 0.2) is 12.4 Å². The lowest BCUT2D eigenvalue weighted by Gasteiger charge is -2.25. The number of alkyl halides is 1. The summed E-state index contributed by atoms with van der Waals surface area (Å²) in [6.45, 7) is 4.68. The van der Waals surface area contributed by atoms with Gasteiger partial charge in [0.1, 0.15) is 0 Å². The molecule has 0 saturated heterocycles. The zero-order valence-corrected chi connectivity index (χ0v) is 9.00. The maximum absolute atomic E-state index is 12.6. The van der Waals surface area contributed by atoms with Gasteiger partial charge in [-0.15, -0.1) is 11.6 Å². The quantitative estimate of drug-likeness (QED) is 0.723. The highest BCUT2D eigenvalue weighted by Gasteiger charge is 2.12. The Morgan fingerprint density at radius 1 is 1.43 bits per heavy atom. The van der Waals surface area contributed by atoms with Crippen LogP contribution in [0.4, 0.5) is 10.3 Å². The van der Waals surface area contributed by atoms with E-state index in [0.29, 0.717) is 18.4 Å². The summed E-state index contributed by atoms with van der Waals surface area (Å²) in [5, 5.41) is 0. The van der Waals surface area contributed by atoms with Crippen LogP contribution >= 0.6 is 11.6 Å². The van der Waals surface area contributed by atoms with Gasteiger partial charge in [-0.2, -0.15) is 0 Å². The Labute approximate surface area is 87.9 Å². The molecule has 0 fully saturated rings. The third-order valence-electron chi connectivity index (χ3n) is 1.81. The van der Waals surface area contributed by atoms with E-state index in [-0.39, 0.29) is 6.04 Å². The van der Waals surface area contributed by atoms with Crippen LogP contribution in [-0.2, 0) is 0 Å². The average Bonchev–Trinajstić information content (AvgIpc) is 2.15. The topological polar surface area (TPSA) is 29.0 Å². The first-order valence-electron chi connectivity index (χ1n) is 4.45. The number of aromatic nitrogens is 2. The van der Waals surface area contributed by atoms with Crippen LogP contribution in [0.1, 0.15) is 13.8 Å². The zero-order valence-electron chi connectivity index (χ0n) is 8.24. The second-order valence-corrected chi connectivity index (χ2v) is 3.56. The van der Waals surface area contributed by atoms with Crippen molar-refractivity contribution in [1.29, 1.82) is 0 Å². The van der Waals surface area contributed by atoms with E-state index in [4.69, 9.17) is 11.6 Å². The van der Waals surface area contributed by atoms with Crippen molar-refractivity contribution < 1.29 is 4.39 Å². The van der Waals surface area contributed by atoms with Gasteiger partial charge in [-0.25, -0.2) is 14.4 Å². The summed E-state index contributed by atoms with van der Waals surface area (Å²) in [4.78, 5) is 9.72. The second kappa shape index (κ2) is 5.10. The third-order valence-corrected chi connectivity index (χ3v) is 1.98. The maximum atomic E-state index is 12.6. The number of hydrogen-bond donors (Lipinski definition) is 0. The molecular weight excluding hydrogens is 205 g/mol. The van der Waals surface area contributed by atoms with Gasteiger partial charge < -0.3 is 4.90 Å². The van der Waals surface area contributed by atoms with E-state index < -0.39 is 5.82 Å². The van der Waals surface area contributed by atoms with Crippen molar-refractivity contribution in [1.82, 2.24) is 9.97 Å². The Hall–Kier alpha value is -0.900.